The number of rotatable bonds is 14. The lowest BCUT2D eigenvalue weighted by atomic mass is 9.95. The molecule has 12 nitrogen and oxygen atoms in total. The number of nitrogens with zero attached hydrogens (tertiary/aromatic N) is 4. The van der Waals surface area contributed by atoms with Crippen LogP contribution in [0.1, 0.15) is 52.4 Å². The minimum Gasteiger partial charge on any atom is -0.421 e. The summed E-state index contributed by atoms with van der Waals surface area (Å²) in [5.74, 6) is -0.0645. The molecule has 0 aromatic heterocycles. The number of amides is 2. The monoisotopic (exact) mass is 762 g/mol. The number of carbonyl (C=O) groups is 4. The Labute approximate surface area is 329 Å². The second-order valence-corrected chi connectivity index (χ2v) is 15.2. The van der Waals surface area contributed by atoms with Crippen molar-refractivity contribution in [1.29, 1.82) is 0 Å². The van der Waals surface area contributed by atoms with Crippen molar-refractivity contribution in [3.8, 4) is 33.8 Å². The van der Waals surface area contributed by atoms with Crippen LogP contribution in [0.3, 0.4) is 0 Å². The zero-order chi connectivity index (χ0) is 39.9. The molecule has 2 aliphatic rings. The van der Waals surface area contributed by atoms with Crippen molar-refractivity contribution in [1.82, 2.24) is 10.6 Å². The number of nitrogens with one attached hydrogen (secondary N) is 2. The van der Waals surface area contributed by atoms with Crippen molar-refractivity contribution in [2.75, 3.05) is 74.0 Å². The van der Waals surface area contributed by atoms with E-state index in [0.717, 1.165) is 120 Å². The van der Waals surface area contributed by atoms with Gasteiger partial charge in [0.05, 0.1) is 22.7 Å². The van der Waals surface area contributed by atoms with E-state index in [-0.39, 0.29) is 0 Å². The zero-order valence-corrected chi connectivity index (χ0v) is 33.4. The Morgan fingerprint density at radius 3 is 1.29 bits per heavy atom. The van der Waals surface area contributed by atoms with Crippen molar-refractivity contribution >= 4 is 58.3 Å². The highest BCUT2D eigenvalue weighted by molar-refractivity contribution is 5.95. The number of fused-ring (bicyclic) bond motifs is 1. The molecule has 2 amide bonds. The Kier molecular flexibility index (Phi) is 12.7. The summed E-state index contributed by atoms with van der Waals surface area (Å²) in [5, 5.41) is 7.17. The van der Waals surface area contributed by atoms with Crippen molar-refractivity contribution in [3.63, 3.8) is 0 Å². The first-order chi connectivity index (χ1) is 27.0. The fourth-order valence-electron chi connectivity index (χ4n) is 7.47. The molecule has 4 aromatic rings. The summed E-state index contributed by atoms with van der Waals surface area (Å²) in [7, 11) is 7.75. The van der Waals surface area contributed by atoms with E-state index in [1.807, 2.05) is 38.0 Å². The number of hydrogen-bond donors (Lipinski definition) is 2. The number of piperidine rings is 2. The second kappa shape index (κ2) is 17.8. The van der Waals surface area contributed by atoms with E-state index < -0.39 is 24.0 Å². The molecule has 0 unspecified atom stereocenters. The molecule has 2 saturated heterocycles. The number of esters is 2. The first-order valence-corrected chi connectivity index (χ1v) is 19.6. The van der Waals surface area contributed by atoms with Gasteiger partial charge in [0.1, 0.15) is 12.1 Å². The first kappa shape index (κ1) is 39.9. The SMILES string of the molecule is C[C@H](NC=O)C(=O)Oc1c(N(C)C)cc(-c2ccc3cc(-c4cc(N(C)C)c(OC(=O)[C@H](C)NC=O)c(N5CCCCC5)c4)ccc3c2)cc1N1CCCCC1. The molecule has 0 radical (unpaired) electrons. The Balaban J connectivity index is 1.40. The van der Waals surface area contributed by atoms with Crippen LogP contribution in [0.2, 0.25) is 0 Å². The molecular formula is C44H54N6O6. The van der Waals surface area contributed by atoms with E-state index in [1.54, 1.807) is 13.8 Å². The minimum atomic E-state index is -0.788. The fraction of sp³-hybridized carbons (Fsp3) is 0.409. The van der Waals surface area contributed by atoms with Crippen LogP contribution in [-0.4, -0.2) is 91.2 Å². The van der Waals surface area contributed by atoms with Gasteiger partial charge in [-0.2, -0.15) is 0 Å². The third kappa shape index (κ3) is 8.85. The summed E-state index contributed by atoms with van der Waals surface area (Å²) in [4.78, 5) is 56.8. The maximum Gasteiger partial charge on any atom is 0.333 e. The molecule has 2 N–H and O–H groups in total. The summed E-state index contributed by atoms with van der Waals surface area (Å²) in [6.45, 7) is 6.66. The van der Waals surface area contributed by atoms with Gasteiger partial charge < -0.3 is 39.7 Å². The van der Waals surface area contributed by atoms with Crippen LogP contribution in [0, 0.1) is 0 Å². The van der Waals surface area contributed by atoms with Crippen molar-refractivity contribution in [3.05, 3.63) is 60.7 Å². The Hall–Kier alpha value is -5.78. The molecule has 4 aromatic carbocycles. The van der Waals surface area contributed by atoms with Gasteiger partial charge in [-0.3, -0.25) is 9.59 Å². The van der Waals surface area contributed by atoms with Crippen molar-refractivity contribution in [2.24, 2.45) is 0 Å². The molecule has 2 atom stereocenters. The summed E-state index contributed by atoms with van der Waals surface area (Å²) < 4.78 is 12.1. The van der Waals surface area contributed by atoms with Crippen molar-refractivity contribution < 1.29 is 28.7 Å². The van der Waals surface area contributed by atoms with E-state index in [0.29, 0.717) is 24.3 Å². The van der Waals surface area contributed by atoms with Crippen LogP contribution < -0.4 is 39.7 Å². The number of carbonyl (C=O) groups excluding carboxylic acids is 4. The quantitative estimate of drug-likeness (QED) is 0.0852. The molecule has 2 fully saturated rings. The Morgan fingerprint density at radius 2 is 0.946 bits per heavy atom. The molecule has 0 spiro atoms. The minimum absolute atomic E-state index is 0.490. The zero-order valence-electron chi connectivity index (χ0n) is 33.4. The molecule has 12 heteroatoms. The van der Waals surface area contributed by atoms with E-state index in [1.165, 1.54) is 0 Å². The van der Waals surface area contributed by atoms with E-state index >= 15 is 0 Å². The molecule has 0 bridgehead atoms. The maximum absolute atomic E-state index is 13.1. The molecule has 6 rings (SSSR count). The topological polar surface area (TPSA) is 124 Å². The lowest BCUT2D eigenvalue weighted by Crippen LogP contribution is -2.37. The average molecular weight is 763 g/mol. The van der Waals surface area contributed by atoms with E-state index in [9.17, 15) is 19.2 Å². The first-order valence-electron chi connectivity index (χ1n) is 19.6. The summed E-state index contributed by atoms with van der Waals surface area (Å²) >= 11 is 0. The highest BCUT2D eigenvalue weighted by Gasteiger charge is 2.27. The van der Waals surface area contributed by atoms with Crippen LogP contribution in [0.25, 0.3) is 33.0 Å². The molecule has 2 heterocycles. The van der Waals surface area contributed by atoms with Gasteiger partial charge in [-0.15, -0.1) is 0 Å². The molecule has 0 saturated carbocycles. The average Bonchev–Trinajstić information content (AvgIpc) is 3.21. The normalized spacial score (nSPS) is 15.4. The van der Waals surface area contributed by atoms with Gasteiger partial charge >= 0.3 is 11.9 Å². The molecular weight excluding hydrogens is 709 g/mol. The van der Waals surface area contributed by atoms with Gasteiger partial charge in [0.2, 0.25) is 12.8 Å². The number of ether oxygens (including phenoxy) is 2. The van der Waals surface area contributed by atoms with E-state index in [2.05, 4.69) is 81.1 Å². The Morgan fingerprint density at radius 1 is 0.571 bits per heavy atom. The summed E-state index contributed by atoms with van der Waals surface area (Å²) in [6, 6.07) is 19.7. The number of hydrogen-bond acceptors (Lipinski definition) is 10. The molecule has 2 aliphatic heterocycles. The lowest BCUT2D eigenvalue weighted by Gasteiger charge is -2.32. The third-order valence-corrected chi connectivity index (χ3v) is 10.7. The van der Waals surface area contributed by atoms with Crippen molar-refractivity contribution in [2.45, 2.75) is 64.5 Å². The largest absolute Gasteiger partial charge is 0.421 e. The van der Waals surface area contributed by atoms with Crippen LogP contribution >= 0.6 is 0 Å². The fourth-order valence-corrected chi connectivity index (χ4v) is 7.47. The molecule has 56 heavy (non-hydrogen) atoms. The predicted molar refractivity (Wildman–Crippen MR) is 224 cm³/mol. The number of benzene rings is 4. The van der Waals surface area contributed by atoms with Gasteiger partial charge in [0.25, 0.3) is 0 Å². The predicted octanol–water partition coefficient (Wildman–Crippen LogP) is 6.37. The van der Waals surface area contributed by atoms with Gasteiger partial charge in [-0.1, -0.05) is 24.3 Å². The highest BCUT2D eigenvalue weighted by Crippen LogP contribution is 2.45. The standard InChI is InChI=1S/C44H54N6O6/c1-29(45-27-51)43(53)55-41-37(47(3)4)23-35(25-39(41)49-17-9-7-10-18-49)33-15-13-32-22-34(16-14-31(32)21-33)36-24-38(48(5)6)42(56-44(54)30(2)46-28-52)40(26-36)50-19-11-8-12-20-50/h13-16,21-30H,7-12,17-20H2,1-6H3,(H,45,51)(H,46,52)/t29-,30-/m0/s1. The van der Waals surface area contributed by atoms with Gasteiger partial charge in [0.15, 0.2) is 11.5 Å². The lowest BCUT2D eigenvalue weighted by molar-refractivity contribution is -0.137. The second-order valence-electron chi connectivity index (χ2n) is 15.2. The van der Waals surface area contributed by atoms with Crippen LogP contribution in [-0.2, 0) is 19.2 Å². The van der Waals surface area contributed by atoms with Crippen LogP contribution in [0.15, 0.2) is 60.7 Å². The van der Waals surface area contributed by atoms with Gasteiger partial charge in [0, 0.05) is 54.4 Å². The highest BCUT2D eigenvalue weighted by atomic mass is 16.5. The third-order valence-electron chi connectivity index (χ3n) is 10.7. The maximum atomic E-state index is 13.1. The van der Waals surface area contributed by atoms with Crippen LogP contribution in [0.5, 0.6) is 11.5 Å². The smallest absolute Gasteiger partial charge is 0.333 e. The van der Waals surface area contributed by atoms with Crippen LogP contribution in [0.4, 0.5) is 22.7 Å². The van der Waals surface area contributed by atoms with Gasteiger partial charge in [-0.25, -0.2) is 9.59 Å². The molecule has 296 valence electrons. The molecule has 0 aliphatic carbocycles. The summed E-state index contributed by atoms with van der Waals surface area (Å²) in [6.07, 6.45) is 7.55. The Bertz CT molecular complexity index is 1920. The summed E-state index contributed by atoms with van der Waals surface area (Å²) in [5.41, 5.74) is 7.34. The number of anilines is 4. The van der Waals surface area contributed by atoms with Gasteiger partial charge in [-0.05, 0) is 122 Å². The van der Waals surface area contributed by atoms with E-state index in [4.69, 9.17) is 9.47 Å².